The third-order valence-electron chi connectivity index (χ3n) is 3.50. The number of fused-ring (bicyclic) bond motifs is 1. The number of nitrogens with one attached hydrogen (secondary N) is 3. The Bertz CT molecular complexity index is 599. The summed E-state index contributed by atoms with van der Waals surface area (Å²) in [6.45, 7) is 3.06. The Morgan fingerprint density at radius 3 is 3.06 bits per heavy atom. The molecule has 0 saturated carbocycles. The number of aromatic amines is 1. The van der Waals surface area contributed by atoms with Gasteiger partial charge in [-0.3, -0.25) is 4.79 Å². The quantitative estimate of drug-likeness (QED) is 0.766. The summed E-state index contributed by atoms with van der Waals surface area (Å²) in [4.78, 5) is 14.8. The van der Waals surface area contributed by atoms with E-state index in [0.29, 0.717) is 5.92 Å². The number of rotatable bonds is 3. The maximum atomic E-state index is 11.9. The molecule has 1 saturated heterocycles. The van der Waals surface area contributed by atoms with Crippen LogP contribution in [-0.2, 0) is 0 Å². The van der Waals surface area contributed by atoms with Crippen molar-refractivity contribution < 1.29 is 0 Å². The topological polar surface area (TPSA) is 56.9 Å². The third kappa shape index (κ3) is 2.24. The number of benzene rings is 1. The van der Waals surface area contributed by atoms with Gasteiger partial charge in [0.1, 0.15) is 5.82 Å². The molecule has 1 aliphatic rings. The van der Waals surface area contributed by atoms with Crippen LogP contribution in [0, 0.1) is 5.92 Å². The average Bonchev–Trinajstić information content (AvgIpc) is 2.90. The molecule has 1 atom stereocenters. The fraction of sp³-hybridized carbons (Fsp3) is 0.357. The fourth-order valence-electron chi connectivity index (χ4n) is 2.45. The number of H-pyrrole nitrogens is 1. The van der Waals surface area contributed by atoms with Gasteiger partial charge in [-0.15, -0.1) is 0 Å². The molecular formula is C14H17N3O. The van der Waals surface area contributed by atoms with E-state index < -0.39 is 0 Å². The van der Waals surface area contributed by atoms with Gasteiger partial charge in [-0.2, -0.15) is 0 Å². The Hall–Kier alpha value is -1.81. The van der Waals surface area contributed by atoms with Gasteiger partial charge in [0.25, 0.3) is 5.56 Å². The zero-order valence-electron chi connectivity index (χ0n) is 10.2. The maximum absolute atomic E-state index is 11.9. The van der Waals surface area contributed by atoms with E-state index in [2.05, 4.69) is 15.6 Å². The van der Waals surface area contributed by atoms with Crippen molar-refractivity contribution in [3.8, 4) is 0 Å². The molecule has 1 aromatic carbocycles. The van der Waals surface area contributed by atoms with E-state index in [9.17, 15) is 4.79 Å². The first-order valence-electron chi connectivity index (χ1n) is 6.39. The van der Waals surface area contributed by atoms with Crippen LogP contribution >= 0.6 is 0 Å². The van der Waals surface area contributed by atoms with Crippen molar-refractivity contribution in [2.75, 3.05) is 25.0 Å². The zero-order valence-corrected chi connectivity index (χ0v) is 10.2. The van der Waals surface area contributed by atoms with Crippen LogP contribution < -0.4 is 16.2 Å². The Labute approximate surface area is 105 Å². The molecule has 0 bridgehead atoms. The van der Waals surface area contributed by atoms with Gasteiger partial charge in [-0.1, -0.05) is 18.2 Å². The lowest BCUT2D eigenvalue weighted by Gasteiger charge is -2.11. The number of anilines is 1. The smallest absolute Gasteiger partial charge is 0.257 e. The molecule has 0 aliphatic carbocycles. The molecule has 0 radical (unpaired) electrons. The predicted molar refractivity (Wildman–Crippen MR) is 74.0 cm³/mol. The highest BCUT2D eigenvalue weighted by molar-refractivity contribution is 5.83. The van der Waals surface area contributed by atoms with Crippen molar-refractivity contribution in [3.05, 3.63) is 40.7 Å². The van der Waals surface area contributed by atoms with Crippen LogP contribution in [0.5, 0.6) is 0 Å². The lowest BCUT2D eigenvalue weighted by molar-refractivity contribution is 0.614. The third-order valence-corrected chi connectivity index (χ3v) is 3.50. The number of pyridine rings is 1. The Kier molecular flexibility index (Phi) is 3.02. The molecule has 4 heteroatoms. The lowest BCUT2D eigenvalue weighted by Crippen LogP contribution is -2.19. The molecule has 1 unspecified atom stereocenters. The van der Waals surface area contributed by atoms with Crippen LogP contribution in [0.2, 0.25) is 0 Å². The molecule has 1 aromatic heterocycles. The summed E-state index contributed by atoms with van der Waals surface area (Å²) >= 11 is 0. The van der Waals surface area contributed by atoms with Crippen molar-refractivity contribution in [1.29, 1.82) is 0 Å². The standard InChI is InChI=1S/C14H17N3O/c18-14-12-4-2-1-3-11(12)7-13(17-14)16-9-10-5-6-15-8-10/h1-4,7,10,15H,5-6,8-9H2,(H2,16,17,18). The van der Waals surface area contributed by atoms with Crippen LogP contribution in [0.4, 0.5) is 5.82 Å². The number of hydrogen-bond acceptors (Lipinski definition) is 3. The lowest BCUT2D eigenvalue weighted by atomic mass is 10.1. The summed E-state index contributed by atoms with van der Waals surface area (Å²) < 4.78 is 0. The highest BCUT2D eigenvalue weighted by Gasteiger charge is 2.13. The Morgan fingerprint density at radius 1 is 1.33 bits per heavy atom. The van der Waals surface area contributed by atoms with Crippen LogP contribution in [0.1, 0.15) is 6.42 Å². The first kappa shape index (κ1) is 11.3. The molecule has 3 N–H and O–H groups in total. The van der Waals surface area contributed by atoms with E-state index in [1.807, 2.05) is 30.3 Å². The van der Waals surface area contributed by atoms with Gasteiger partial charge in [-0.25, -0.2) is 0 Å². The van der Waals surface area contributed by atoms with E-state index in [1.165, 1.54) is 6.42 Å². The van der Waals surface area contributed by atoms with Gasteiger partial charge in [0.2, 0.25) is 0 Å². The summed E-state index contributed by atoms with van der Waals surface area (Å²) in [5, 5.41) is 8.38. The minimum atomic E-state index is -0.0276. The molecule has 2 aromatic rings. The van der Waals surface area contributed by atoms with E-state index in [0.717, 1.165) is 36.2 Å². The van der Waals surface area contributed by atoms with Gasteiger partial charge in [0.15, 0.2) is 0 Å². The van der Waals surface area contributed by atoms with Crippen LogP contribution in [-0.4, -0.2) is 24.6 Å². The monoisotopic (exact) mass is 243 g/mol. The van der Waals surface area contributed by atoms with E-state index >= 15 is 0 Å². The molecule has 1 aliphatic heterocycles. The fourth-order valence-corrected chi connectivity index (χ4v) is 2.45. The Morgan fingerprint density at radius 2 is 2.22 bits per heavy atom. The minimum absolute atomic E-state index is 0.0276. The summed E-state index contributed by atoms with van der Waals surface area (Å²) in [6.07, 6.45) is 1.20. The van der Waals surface area contributed by atoms with Crippen molar-refractivity contribution in [2.45, 2.75) is 6.42 Å². The highest BCUT2D eigenvalue weighted by Crippen LogP contribution is 2.14. The minimum Gasteiger partial charge on any atom is -0.371 e. The first-order chi connectivity index (χ1) is 8.83. The van der Waals surface area contributed by atoms with Crippen LogP contribution in [0.3, 0.4) is 0 Å². The molecule has 3 rings (SSSR count). The first-order valence-corrected chi connectivity index (χ1v) is 6.39. The molecule has 4 nitrogen and oxygen atoms in total. The largest absolute Gasteiger partial charge is 0.371 e. The van der Waals surface area contributed by atoms with Crippen molar-refractivity contribution in [3.63, 3.8) is 0 Å². The second kappa shape index (κ2) is 4.82. The molecular weight excluding hydrogens is 226 g/mol. The van der Waals surface area contributed by atoms with Crippen molar-refractivity contribution in [2.24, 2.45) is 5.92 Å². The van der Waals surface area contributed by atoms with E-state index in [-0.39, 0.29) is 5.56 Å². The maximum Gasteiger partial charge on any atom is 0.257 e. The second-order valence-corrected chi connectivity index (χ2v) is 4.84. The molecule has 1 fully saturated rings. The van der Waals surface area contributed by atoms with Crippen molar-refractivity contribution in [1.82, 2.24) is 10.3 Å². The van der Waals surface area contributed by atoms with Gasteiger partial charge >= 0.3 is 0 Å². The van der Waals surface area contributed by atoms with Gasteiger partial charge in [0.05, 0.1) is 0 Å². The average molecular weight is 243 g/mol. The molecule has 94 valence electrons. The molecule has 18 heavy (non-hydrogen) atoms. The SMILES string of the molecule is O=c1[nH]c(NCC2CCNC2)cc2ccccc12. The predicted octanol–water partition coefficient (Wildman–Crippen LogP) is 1.55. The molecule has 0 spiro atoms. The van der Waals surface area contributed by atoms with E-state index in [4.69, 9.17) is 0 Å². The second-order valence-electron chi connectivity index (χ2n) is 4.84. The highest BCUT2D eigenvalue weighted by atomic mass is 16.1. The number of hydrogen-bond donors (Lipinski definition) is 3. The summed E-state index contributed by atoms with van der Waals surface area (Å²) in [5.74, 6) is 1.46. The summed E-state index contributed by atoms with van der Waals surface area (Å²) in [7, 11) is 0. The molecule has 2 heterocycles. The van der Waals surface area contributed by atoms with Gasteiger partial charge in [0, 0.05) is 11.9 Å². The normalized spacial score (nSPS) is 19.2. The van der Waals surface area contributed by atoms with Crippen LogP contribution in [0.25, 0.3) is 10.8 Å². The van der Waals surface area contributed by atoms with Crippen LogP contribution in [0.15, 0.2) is 35.1 Å². The summed E-state index contributed by atoms with van der Waals surface area (Å²) in [5.41, 5.74) is -0.0276. The number of aromatic nitrogens is 1. The zero-order chi connectivity index (χ0) is 12.4. The van der Waals surface area contributed by atoms with E-state index in [1.54, 1.807) is 0 Å². The van der Waals surface area contributed by atoms with Crippen molar-refractivity contribution >= 4 is 16.6 Å². The molecule has 0 amide bonds. The summed E-state index contributed by atoms with van der Waals surface area (Å²) in [6, 6.07) is 9.64. The Balaban J connectivity index is 1.81. The van der Waals surface area contributed by atoms with Gasteiger partial charge in [-0.05, 0) is 42.9 Å². The van der Waals surface area contributed by atoms with Gasteiger partial charge < -0.3 is 15.6 Å².